The van der Waals surface area contributed by atoms with Gasteiger partial charge in [0.2, 0.25) is 0 Å². The Bertz CT molecular complexity index is 325. The van der Waals surface area contributed by atoms with Crippen molar-refractivity contribution in [1.29, 1.82) is 0 Å². The fourth-order valence-corrected chi connectivity index (χ4v) is 0.993. The van der Waals surface area contributed by atoms with Gasteiger partial charge in [0.05, 0.1) is 4.87 Å². The van der Waals surface area contributed by atoms with Gasteiger partial charge < -0.3 is 10.2 Å². The Morgan fingerprint density at radius 1 is 1.40 bits per heavy atom. The third kappa shape index (κ3) is 6.80. The van der Waals surface area contributed by atoms with E-state index in [0.29, 0.717) is 0 Å². The zero-order valence-electron chi connectivity index (χ0n) is 8.99. The van der Waals surface area contributed by atoms with Crippen LogP contribution in [0.1, 0.15) is 26.3 Å². The number of halogens is 1. The maximum absolute atomic E-state index is 9.12. The standard InChI is InChI=1S/C9H11ClO.C2H4O2/c1-9(2,10)7-4-3-5-8(11)6-7;1-2(3)4/h3-6,11H,1-2H3;1H3,(H,3,4). The minimum Gasteiger partial charge on any atom is -0.508 e. The molecule has 1 aromatic rings. The van der Waals surface area contributed by atoms with Crippen LogP contribution in [0.2, 0.25) is 0 Å². The molecule has 3 nitrogen and oxygen atoms in total. The Morgan fingerprint density at radius 2 is 1.87 bits per heavy atom. The highest BCUT2D eigenvalue weighted by Gasteiger charge is 2.15. The molecule has 0 unspecified atom stereocenters. The van der Waals surface area contributed by atoms with Gasteiger partial charge in [-0.05, 0) is 31.5 Å². The van der Waals surface area contributed by atoms with Crippen molar-refractivity contribution in [3.8, 4) is 5.75 Å². The smallest absolute Gasteiger partial charge is 0.300 e. The molecule has 4 heteroatoms. The second kappa shape index (κ2) is 5.61. The zero-order chi connectivity index (χ0) is 12.1. The molecule has 0 spiro atoms. The first-order valence-electron chi connectivity index (χ1n) is 4.41. The molecule has 0 atom stereocenters. The van der Waals surface area contributed by atoms with Crippen molar-refractivity contribution in [3.05, 3.63) is 29.8 Å². The number of carbonyl (C=O) groups is 1. The number of phenolic OH excluding ortho intramolecular Hbond substituents is 1. The van der Waals surface area contributed by atoms with Crippen LogP contribution < -0.4 is 0 Å². The first kappa shape index (κ1) is 13.8. The van der Waals surface area contributed by atoms with Gasteiger partial charge in [0, 0.05) is 6.92 Å². The Kier molecular flexibility index (Phi) is 5.15. The van der Waals surface area contributed by atoms with Gasteiger partial charge in [-0.1, -0.05) is 12.1 Å². The number of hydrogen-bond acceptors (Lipinski definition) is 2. The van der Waals surface area contributed by atoms with Crippen LogP contribution in [0.5, 0.6) is 5.75 Å². The van der Waals surface area contributed by atoms with Crippen LogP contribution in [-0.2, 0) is 9.67 Å². The van der Waals surface area contributed by atoms with E-state index in [9.17, 15) is 0 Å². The lowest BCUT2D eigenvalue weighted by Crippen LogP contribution is -2.06. The van der Waals surface area contributed by atoms with Crippen molar-refractivity contribution in [2.24, 2.45) is 0 Å². The molecule has 0 amide bonds. The van der Waals surface area contributed by atoms with Gasteiger partial charge in [0.15, 0.2) is 0 Å². The highest BCUT2D eigenvalue weighted by Crippen LogP contribution is 2.29. The minimum atomic E-state index is -0.833. The van der Waals surface area contributed by atoms with Gasteiger partial charge in [-0.15, -0.1) is 11.6 Å². The van der Waals surface area contributed by atoms with Crippen LogP contribution in [0.25, 0.3) is 0 Å². The number of benzene rings is 1. The van der Waals surface area contributed by atoms with Crippen LogP contribution in [0, 0.1) is 0 Å². The average molecular weight is 231 g/mol. The van der Waals surface area contributed by atoms with E-state index >= 15 is 0 Å². The molecule has 0 fully saturated rings. The summed E-state index contributed by atoms with van der Waals surface area (Å²) in [6, 6.07) is 6.99. The minimum absolute atomic E-state index is 0.260. The summed E-state index contributed by atoms with van der Waals surface area (Å²) in [7, 11) is 0. The molecule has 2 N–H and O–H groups in total. The molecule has 1 aromatic carbocycles. The lowest BCUT2D eigenvalue weighted by molar-refractivity contribution is -0.134. The Morgan fingerprint density at radius 3 is 2.13 bits per heavy atom. The number of aliphatic carboxylic acids is 1. The summed E-state index contributed by atoms with van der Waals surface area (Å²) in [6.45, 7) is 4.87. The third-order valence-corrected chi connectivity index (χ3v) is 1.75. The molecule has 0 aliphatic carbocycles. The third-order valence-electron chi connectivity index (χ3n) is 1.53. The first-order valence-corrected chi connectivity index (χ1v) is 4.79. The molecule has 1 rings (SSSR count). The Labute approximate surface area is 94.3 Å². The predicted octanol–water partition coefficient (Wildman–Crippen LogP) is 2.96. The lowest BCUT2D eigenvalue weighted by atomic mass is 10.0. The van der Waals surface area contributed by atoms with Crippen molar-refractivity contribution in [2.45, 2.75) is 25.6 Å². The van der Waals surface area contributed by atoms with Crippen LogP contribution in [-0.4, -0.2) is 16.2 Å². The predicted molar refractivity (Wildman–Crippen MR) is 60.3 cm³/mol. The number of hydrogen-bond donors (Lipinski definition) is 2. The van der Waals surface area contributed by atoms with Crippen LogP contribution in [0.4, 0.5) is 0 Å². The van der Waals surface area contributed by atoms with Gasteiger partial charge in [0.1, 0.15) is 5.75 Å². The molecule has 0 saturated heterocycles. The molecule has 0 aliphatic rings. The van der Waals surface area contributed by atoms with Gasteiger partial charge in [0.25, 0.3) is 5.97 Å². The maximum atomic E-state index is 9.12. The molecule has 0 aliphatic heterocycles. The molecule has 0 aromatic heterocycles. The fourth-order valence-electron chi connectivity index (χ4n) is 0.876. The molecule has 0 radical (unpaired) electrons. The van der Waals surface area contributed by atoms with Crippen molar-refractivity contribution < 1.29 is 15.0 Å². The highest BCUT2D eigenvalue weighted by atomic mass is 35.5. The van der Waals surface area contributed by atoms with E-state index in [2.05, 4.69) is 0 Å². The maximum Gasteiger partial charge on any atom is 0.300 e. The molecular weight excluding hydrogens is 216 g/mol. The number of aromatic hydroxyl groups is 1. The quantitative estimate of drug-likeness (QED) is 0.730. The van der Waals surface area contributed by atoms with E-state index in [1.165, 1.54) is 0 Å². The topological polar surface area (TPSA) is 57.5 Å². The van der Waals surface area contributed by atoms with E-state index < -0.39 is 10.8 Å². The number of rotatable bonds is 1. The molecular formula is C11H15ClO3. The van der Waals surface area contributed by atoms with Crippen molar-refractivity contribution >= 4 is 17.6 Å². The zero-order valence-corrected chi connectivity index (χ0v) is 9.75. The lowest BCUT2D eigenvalue weighted by Gasteiger charge is -2.15. The summed E-state index contributed by atoms with van der Waals surface area (Å²) in [5.74, 6) is -0.573. The van der Waals surface area contributed by atoms with E-state index in [0.717, 1.165) is 12.5 Å². The van der Waals surface area contributed by atoms with Gasteiger partial charge in [-0.25, -0.2) is 0 Å². The van der Waals surface area contributed by atoms with Crippen LogP contribution in [0.15, 0.2) is 24.3 Å². The second-order valence-electron chi connectivity index (χ2n) is 3.54. The second-order valence-corrected chi connectivity index (χ2v) is 4.49. The molecule has 15 heavy (non-hydrogen) atoms. The summed E-state index contributed by atoms with van der Waals surface area (Å²) in [5.41, 5.74) is 0.930. The van der Waals surface area contributed by atoms with E-state index in [-0.39, 0.29) is 5.75 Å². The van der Waals surface area contributed by atoms with Crippen molar-refractivity contribution in [3.63, 3.8) is 0 Å². The number of carboxylic acids is 1. The fraction of sp³-hybridized carbons (Fsp3) is 0.364. The van der Waals surface area contributed by atoms with Crippen molar-refractivity contribution in [2.75, 3.05) is 0 Å². The summed E-state index contributed by atoms with van der Waals surface area (Å²) < 4.78 is 0. The molecule has 0 heterocycles. The summed E-state index contributed by atoms with van der Waals surface area (Å²) >= 11 is 6.02. The number of alkyl halides is 1. The largest absolute Gasteiger partial charge is 0.508 e. The normalized spacial score (nSPS) is 10.1. The molecule has 84 valence electrons. The van der Waals surface area contributed by atoms with E-state index in [1.54, 1.807) is 18.2 Å². The highest BCUT2D eigenvalue weighted by molar-refractivity contribution is 6.23. The van der Waals surface area contributed by atoms with E-state index in [4.69, 9.17) is 26.6 Å². The molecule has 0 saturated carbocycles. The Hall–Kier alpha value is -1.22. The monoisotopic (exact) mass is 230 g/mol. The van der Waals surface area contributed by atoms with Gasteiger partial charge >= 0.3 is 0 Å². The first-order chi connectivity index (χ1) is 6.73. The summed E-state index contributed by atoms with van der Waals surface area (Å²) in [5, 5.41) is 16.5. The number of carboxylic acid groups (broad SMARTS) is 1. The van der Waals surface area contributed by atoms with Gasteiger partial charge in [-0.3, -0.25) is 4.79 Å². The van der Waals surface area contributed by atoms with Crippen LogP contribution >= 0.6 is 11.6 Å². The SMILES string of the molecule is CC(=O)O.CC(C)(Cl)c1cccc(O)c1. The van der Waals surface area contributed by atoms with Crippen LogP contribution in [0.3, 0.4) is 0 Å². The van der Waals surface area contributed by atoms with E-state index in [1.807, 2.05) is 19.9 Å². The number of phenols is 1. The average Bonchev–Trinajstić information content (AvgIpc) is 2.01. The summed E-state index contributed by atoms with van der Waals surface area (Å²) in [4.78, 5) is 8.60. The summed E-state index contributed by atoms with van der Waals surface area (Å²) in [6.07, 6.45) is 0. The Balaban J connectivity index is 0.000000423. The van der Waals surface area contributed by atoms with Gasteiger partial charge in [-0.2, -0.15) is 0 Å². The molecule has 0 bridgehead atoms. The van der Waals surface area contributed by atoms with Crippen molar-refractivity contribution in [1.82, 2.24) is 0 Å².